The van der Waals surface area contributed by atoms with Crippen LogP contribution < -0.4 is 0 Å². The van der Waals surface area contributed by atoms with Crippen LogP contribution in [0.25, 0.3) is 0 Å². The Labute approximate surface area is 423 Å². The van der Waals surface area contributed by atoms with Crippen LogP contribution in [0.5, 0.6) is 0 Å². The fourth-order valence-electron chi connectivity index (χ4n) is 7.38. The van der Waals surface area contributed by atoms with Gasteiger partial charge in [0.25, 0.3) is 0 Å². The second kappa shape index (κ2) is 20.2. The van der Waals surface area contributed by atoms with E-state index in [0.29, 0.717) is 94.6 Å². The molecule has 5 heterocycles. The van der Waals surface area contributed by atoms with Crippen LogP contribution in [-0.4, -0.2) is 67.7 Å². The minimum Gasteiger partial charge on any atom is -0.280 e. The first kappa shape index (κ1) is 56.0. The number of fused-ring (bicyclic) bond motifs is 5. The van der Waals surface area contributed by atoms with Crippen LogP contribution in [0.1, 0.15) is 97.7 Å². The van der Waals surface area contributed by atoms with Gasteiger partial charge in [-0.25, -0.2) is 42.1 Å². The molecule has 0 spiro atoms. The molecule has 10 rings (SSSR count). The third-order valence-electron chi connectivity index (χ3n) is 10.3. The normalized spacial score (nSPS) is 18.4. The minimum atomic E-state index is -4.79. The van der Waals surface area contributed by atoms with Crippen LogP contribution in [0.3, 0.4) is 0 Å². The molecule has 0 unspecified atom stereocenters. The molecular weight excluding hydrogens is 1130 g/mol. The van der Waals surface area contributed by atoms with Crippen LogP contribution in [0.4, 0.5) is 13.2 Å². The Bertz CT molecular complexity index is 3780. The number of hydrogen-bond acceptors (Lipinski definition) is 20. The van der Waals surface area contributed by atoms with Crippen molar-refractivity contribution in [1.82, 2.24) is 0 Å². The molecule has 5 aromatic carbocycles. The number of carbonyl (C=O) groups excluding carboxylic acids is 5. The van der Waals surface area contributed by atoms with Crippen molar-refractivity contribution in [3.63, 3.8) is 0 Å². The van der Waals surface area contributed by atoms with Gasteiger partial charge in [0, 0.05) is 22.3 Å². The van der Waals surface area contributed by atoms with E-state index in [1.165, 1.54) is 0 Å². The van der Waals surface area contributed by atoms with Crippen molar-refractivity contribution >= 4 is 124 Å². The molecule has 0 radical (unpaired) electrons. The molecule has 0 saturated heterocycles. The Kier molecular flexibility index (Phi) is 16.0. The molecule has 0 amide bonds. The van der Waals surface area contributed by atoms with Crippen molar-refractivity contribution in [3.05, 3.63) is 146 Å². The molecule has 0 aromatic heterocycles. The number of alkyl halides is 3. The highest BCUT2D eigenvalue weighted by Crippen LogP contribution is 2.46. The van der Waals surface area contributed by atoms with Gasteiger partial charge in [-0.3, -0.25) is 24.0 Å². The molecule has 15 nitrogen and oxygen atoms in total. The van der Waals surface area contributed by atoms with Gasteiger partial charge in [0.1, 0.15) is 4.90 Å². The van der Waals surface area contributed by atoms with Gasteiger partial charge in [-0.05, 0) is 99.2 Å². The third kappa shape index (κ3) is 11.3. The Balaban J connectivity index is 0.000000145. The standard InChI is InChI=1S/3C9H8O3S2.C8H3F3O3S2.C8H6O3S2/c1-5-3-6(2)8-7(4-5)9(10)13-14(8,11)12;1-5-3-4-6(2)8-7(5)9(10)13-14(8,11)12;1-2-6-4-3-5-7-8(6)14(11,12)13-9(7)10;9-8(10,11)5-3-1-2-4-6(5)16(13,14)15-7(4)12;1-5-3-2-4-6-7(5)13(10,11)12-8(6)9/h2*3-4H,1-2H3;3-5H,2H2,1H3;1-3H;2-4H,1H3. The summed E-state index contributed by atoms with van der Waals surface area (Å²) in [6, 6.07) is 19.6. The highest BCUT2D eigenvalue weighted by Gasteiger charge is 2.45. The van der Waals surface area contributed by atoms with Crippen LogP contribution in [0.2, 0.25) is 0 Å². The Hall–Kier alpha value is -4.26. The van der Waals surface area contributed by atoms with E-state index in [4.69, 9.17) is 0 Å². The first-order valence-corrected chi connectivity index (χ1v) is 33.8. The zero-order valence-electron chi connectivity index (χ0n) is 37.1. The molecule has 0 fully saturated rings. The quantitative estimate of drug-likeness (QED) is 0.142. The fraction of sp³-hybridized carbons (Fsp3) is 0.186. The maximum Gasteiger partial charge on any atom is 0.417 e. The summed E-state index contributed by atoms with van der Waals surface area (Å²) in [5, 5.41) is -2.34. The minimum absolute atomic E-state index is 0.0849. The molecule has 28 heteroatoms. The molecule has 0 atom stereocenters. The van der Waals surface area contributed by atoms with Crippen molar-refractivity contribution in [2.45, 2.75) is 78.6 Å². The Morgan fingerprint density at radius 1 is 0.408 bits per heavy atom. The SMILES string of the molecule is CCc1cccc2c1S(=O)(=O)SC2=O.Cc1cc(C)c2c(c1)C(=O)SS2(=O)=O.Cc1ccc(C)c2c1C(=O)SS2(=O)=O.Cc1cccc2c1S(=O)(=O)SC2=O.O=C1SS(=O)(=O)c2c1cccc2C(F)(F)F. The van der Waals surface area contributed by atoms with E-state index in [1.54, 1.807) is 88.4 Å². The number of hydrogen-bond donors (Lipinski definition) is 0. The summed E-state index contributed by atoms with van der Waals surface area (Å²) in [5.41, 5.74) is 3.92. The van der Waals surface area contributed by atoms with Crippen LogP contribution in [-0.2, 0) is 56.9 Å². The molecule has 0 N–H and O–H groups in total. The van der Waals surface area contributed by atoms with Crippen molar-refractivity contribution in [2.75, 3.05) is 0 Å². The monoisotopic (exact) mass is 1170 g/mol. The van der Waals surface area contributed by atoms with E-state index in [-0.39, 0.29) is 50.8 Å². The van der Waals surface area contributed by atoms with E-state index in [0.717, 1.165) is 28.8 Å². The molecule has 71 heavy (non-hydrogen) atoms. The summed E-state index contributed by atoms with van der Waals surface area (Å²) in [4.78, 5) is 56.4. The summed E-state index contributed by atoms with van der Waals surface area (Å²) in [5.74, 6) is 0. The predicted octanol–water partition coefficient (Wildman–Crippen LogP) is 9.43. The largest absolute Gasteiger partial charge is 0.417 e. The van der Waals surface area contributed by atoms with Gasteiger partial charge in [-0.1, -0.05) is 61.0 Å². The van der Waals surface area contributed by atoms with Crippen molar-refractivity contribution < 1.29 is 79.2 Å². The van der Waals surface area contributed by atoms with Crippen molar-refractivity contribution in [2.24, 2.45) is 0 Å². The number of benzene rings is 5. The second-order valence-corrected chi connectivity index (χ2v) is 33.6. The van der Waals surface area contributed by atoms with Crippen LogP contribution >= 0.6 is 54.0 Å². The number of halogens is 3. The summed E-state index contributed by atoms with van der Waals surface area (Å²) < 4.78 is 153. The first-order chi connectivity index (χ1) is 32.7. The average Bonchev–Trinajstić information content (AvgIpc) is 3.92. The predicted molar refractivity (Wildman–Crippen MR) is 266 cm³/mol. The Morgan fingerprint density at radius 3 is 1.28 bits per heavy atom. The van der Waals surface area contributed by atoms with Gasteiger partial charge in [-0.2, -0.15) is 13.2 Å². The molecular formula is C43H33F3O15S10. The van der Waals surface area contributed by atoms with Gasteiger partial charge in [0.2, 0.25) is 69.9 Å². The highest BCUT2D eigenvalue weighted by atomic mass is 33.2. The summed E-state index contributed by atoms with van der Waals surface area (Å²) in [6.45, 7) is 10.6. The van der Waals surface area contributed by atoms with Gasteiger partial charge in [0.05, 0.1) is 84.7 Å². The van der Waals surface area contributed by atoms with Gasteiger partial charge >= 0.3 is 6.18 Å². The topological polar surface area (TPSA) is 256 Å². The van der Waals surface area contributed by atoms with Crippen molar-refractivity contribution in [1.29, 1.82) is 0 Å². The van der Waals surface area contributed by atoms with Crippen molar-refractivity contribution in [3.8, 4) is 0 Å². The zero-order chi connectivity index (χ0) is 53.1. The number of aryl methyl sites for hydroxylation is 6. The summed E-state index contributed by atoms with van der Waals surface area (Å²) in [7, 11) is -16.4. The second-order valence-electron chi connectivity index (χ2n) is 15.3. The average molecular weight is 1170 g/mol. The van der Waals surface area contributed by atoms with Crippen LogP contribution in [0.15, 0.2) is 103 Å². The molecule has 0 saturated carbocycles. The van der Waals surface area contributed by atoms with Gasteiger partial charge < -0.3 is 0 Å². The van der Waals surface area contributed by atoms with E-state index in [9.17, 15) is 79.2 Å². The molecule has 5 aromatic rings. The van der Waals surface area contributed by atoms with E-state index < -0.39 is 71.7 Å². The molecule has 0 aliphatic carbocycles. The number of rotatable bonds is 1. The molecule has 376 valence electrons. The number of carbonyl (C=O) groups is 5. The smallest absolute Gasteiger partial charge is 0.280 e. The maximum atomic E-state index is 12.5. The lowest BCUT2D eigenvalue weighted by atomic mass is 10.1. The fourth-order valence-corrected chi connectivity index (χ4v) is 23.7. The van der Waals surface area contributed by atoms with E-state index in [1.807, 2.05) is 13.8 Å². The zero-order valence-corrected chi connectivity index (χ0v) is 45.2. The summed E-state index contributed by atoms with van der Waals surface area (Å²) in [6.07, 6.45) is -4.17. The third-order valence-corrected chi connectivity index (χ3v) is 26.3. The molecule has 0 bridgehead atoms. The van der Waals surface area contributed by atoms with Crippen LogP contribution in [0, 0.1) is 34.6 Å². The molecule has 5 aliphatic heterocycles. The first-order valence-electron chi connectivity index (χ1n) is 19.7. The molecule has 5 aliphatic rings. The lowest BCUT2D eigenvalue weighted by Gasteiger charge is -2.09. The van der Waals surface area contributed by atoms with E-state index in [2.05, 4.69) is 0 Å². The summed E-state index contributed by atoms with van der Waals surface area (Å²) >= 11 is 0. The maximum absolute atomic E-state index is 12.5. The van der Waals surface area contributed by atoms with Gasteiger partial charge in [0.15, 0.2) is 0 Å². The highest BCUT2D eigenvalue weighted by molar-refractivity contribution is 8.80. The lowest BCUT2D eigenvalue weighted by Crippen LogP contribution is -2.10. The van der Waals surface area contributed by atoms with E-state index >= 15 is 0 Å². The lowest BCUT2D eigenvalue weighted by molar-refractivity contribution is -0.139. The van der Waals surface area contributed by atoms with Gasteiger partial charge in [-0.15, -0.1) is 0 Å². The Morgan fingerprint density at radius 2 is 0.789 bits per heavy atom.